The Morgan fingerprint density at radius 1 is 1.20 bits per heavy atom. The van der Waals surface area contributed by atoms with E-state index in [-0.39, 0.29) is 24.2 Å². The average Bonchev–Trinajstić information content (AvgIpc) is 3.37. The Kier molecular flexibility index (Phi) is 5.61. The van der Waals surface area contributed by atoms with E-state index >= 15 is 0 Å². The van der Waals surface area contributed by atoms with Crippen LogP contribution in [-0.2, 0) is 22.7 Å². The predicted molar refractivity (Wildman–Crippen MR) is 114 cm³/mol. The summed E-state index contributed by atoms with van der Waals surface area (Å²) < 4.78 is 1.94. The maximum atomic E-state index is 12.8. The van der Waals surface area contributed by atoms with Crippen molar-refractivity contribution in [1.29, 1.82) is 0 Å². The van der Waals surface area contributed by atoms with Crippen molar-refractivity contribution in [2.24, 2.45) is 5.92 Å². The minimum Gasteiger partial charge on any atom is -0.338 e. The van der Waals surface area contributed by atoms with E-state index in [0.29, 0.717) is 18.8 Å². The lowest BCUT2D eigenvalue weighted by molar-refractivity contribution is -0.128. The molecule has 2 amide bonds. The van der Waals surface area contributed by atoms with Crippen molar-refractivity contribution in [2.75, 3.05) is 11.9 Å². The van der Waals surface area contributed by atoms with E-state index in [0.717, 1.165) is 23.5 Å². The number of nitrogens with one attached hydrogen (secondary N) is 1. The van der Waals surface area contributed by atoms with Gasteiger partial charge in [0.15, 0.2) is 5.82 Å². The van der Waals surface area contributed by atoms with Crippen LogP contribution >= 0.6 is 0 Å². The fourth-order valence-electron chi connectivity index (χ4n) is 3.70. The maximum absolute atomic E-state index is 12.8. The van der Waals surface area contributed by atoms with Crippen LogP contribution in [0.25, 0.3) is 11.4 Å². The Labute approximate surface area is 175 Å². The number of hydrogen-bond acceptors (Lipinski definition) is 4. The Morgan fingerprint density at radius 2 is 2.00 bits per heavy atom. The van der Waals surface area contributed by atoms with E-state index in [1.807, 2.05) is 66.9 Å². The lowest BCUT2D eigenvalue weighted by atomic mass is 10.1. The van der Waals surface area contributed by atoms with Gasteiger partial charge in [-0.05, 0) is 31.5 Å². The number of aromatic nitrogens is 3. The van der Waals surface area contributed by atoms with Gasteiger partial charge in [-0.2, -0.15) is 0 Å². The van der Waals surface area contributed by atoms with E-state index in [1.54, 1.807) is 11.2 Å². The van der Waals surface area contributed by atoms with Crippen molar-refractivity contribution in [3.63, 3.8) is 0 Å². The van der Waals surface area contributed by atoms with Gasteiger partial charge in [-0.3, -0.25) is 9.59 Å². The zero-order valence-electron chi connectivity index (χ0n) is 17.2. The number of likely N-dealkylation sites (tertiary alicyclic amines) is 1. The summed E-state index contributed by atoms with van der Waals surface area (Å²) >= 11 is 0. The van der Waals surface area contributed by atoms with Crippen LogP contribution in [0.4, 0.5) is 5.69 Å². The average molecular weight is 403 g/mol. The van der Waals surface area contributed by atoms with Crippen molar-refractivity contribution in [3.05, 3.63) is 66.0 Å². The fraction of sp³-hybridized carbons (Fsp3) is 0.304. The molecular weight excluding hydrogens is 378 g/mol. The van der Waals surface area contributed by atoms with Crippen LogP contribution in [0.15, 0.2) is 54.9 Å². The summed E-state index contributed by atoms with van der Waals surface area (Å²) in [5.41, 5.74) is 3.83. The van der Waals surface area contributed by atoms with Crippen LogP contribution in [0.1, 0.15) is 24.5 Å². The molecule has 1 atom stereocenters. The highest BCUT2D eigenvalue weighted by Gasteiger charge is 2.34. The topological polar surface area (TPSA) is 80.1 Å². The molecule has 1 aromatic heterocycles. The van der Waals surface area contributed by atoms with Gasteiger partial charge < -0.3 is 14.8 Å². The van der Waals surface area contributed by atoms with E-state index in [1.165, 1.54) is 5.56 Å². The molecule has 1 saturated heterocycles. The molecule has 154 valence electrons. The van der Waals surface area contributed by atoms with Crippen molar-refractivity contribution in [3.8, 4) is 11.4 Å². The van der Waals surface area contributed by atoms with Gasteiger partial charge in [-0.25, -0.2) is 0 Å². The first-order chi connectivity index (χ1) is 14.5. The van der Waals surface area contributed by atoms with Crippen LogP contribution in [0.3, 0.4) is 0 Å². The highest BCUT2D eigenvalue weighted by atomic mass is 16.2. The highest BCUT2D eigenvalue weighted by molar-refractivity contribution is 5.97. The van der Waals surface area contributed by atoms with Crippen molar-refractivity contribution >= 4 is 17.5 Å². The van der Waals surface area contributed by atoms with Gasteiger partial charge in [0.25, 0.3) is 0 Å². The van der Waals surface area contributed by atoms with Crippen LogP contribution < -0.4 is 5.32 Å². The SMILES string of the molecule is CCn1cnnc1-c1cccc(NC(=O)C2CC(=O)N(Cc3ccc(C)cc3)C2)c1. The van der Waals surface area contributed by atoms with Gasteiger partial charge >= 0.3 is 0 Å². The standard InChI is InChI=1S/C23H25N5O2/c1-3-27-15-24-26-22(27)18-5-4-6-20(11-18)25-23(30)19-12-21(29)28(14-19)13-17-9-7-16(2)8-10-17/h4-11,15,19H,3,12-14H2,1-2H3,(H,25,30). The molecule has 2 aromatic carbocycles. The largest absolute Gasteiger partial charge is 0.338 e. The molecule has 30 heavy (non-hydrogen) atoms. The molecule has 7 nitrogen and oxygen atoms in total. The number of nitrogens with zero attached hydrogens (tertiary/aromatic N) is 4. The molecule has 0 spiro atoms. The Balaban J connectivity index is 1.41. The monoisotopic (exact) mass is 403 g/mol. The van der Waals surface area contributed by atoms with E-state index < -0.39 is 0 Å². The lowest BCUT2D eigenvalue weighted by Crippen LogP contribution is -2.28. The number of carbonyl (C=O) groups is 2. The number of amides is 2. The third kappa shape index (κ3) is 4.25. The smallest absolute Gasteiger partial charge is 0.229 e. The summed E-state index contributed by atoms with van der Waals surface area (Å²) in [6.07, 6.45) is 1.93. The molecular formula is C23H25N5O2. The van der Waals surface area contributed by atoms with Crippen LogP contribution in [0.2, 0.25) is 0 Å². The quantitative estimate of drug-likeness (QED) is 0.685. The molecule has 3 aromatic rings. The third-order valence-electron chi connectivity index (χ3n) is 5.42. The first-order valence-electron chi connectivity index (χ1n) is 10.2. The Hall–Kier alpha value is -3.48. The number of hydrogen-bond donors (Lipinski definition) is 1. The zero-order chi connectivity index (χ0) is 21.1. The van der Waals surface area contributed by atoms with Gasteiger partial charge in [0.05, 0.1) is 5.92 Å². The molecule has 1 N–H and O–H groups in total. The van der Waals surface area contributed by atoms with Crippen molar-refractivity contribution < 1.29 is 9.59 Å². The van der Waals surface area contributed by atoms with Crippen molar-refractivity contribution in [2.45, 2.75) is 33.4 Å². The summed E-state index contributed by atoms with van der Waals surface area (Å²) in [7, 11) is 0. The molecule has 1 fully saturated rings. The summed E-state index contributed by atoms with van der Waals surface area (Å²) in [6.45, 7) is 5.79. The fourth-order valence-corrected chi connectivity index (χ4v) is 3.70. The summed E-state index contributed by atoms with van der Waals surface area (Å²) in [6, 6.07) is 15.7. The molecule has 7 heteroatoms. The molecule has 0 bridgehead atoms. The van der Waals surface area contributed by atoms with Crippen LogP contribution in [0, 0.1) is 12.8 Å². The molecule has 0 radical (unpaired) electrons. The minimum absolute atomic E-state index is 0.0144. The maximum Gasteiger partial charge on any atom is 0.229 e. The molecule has 2 heterocycles. The van der Waals surface area contributed by atoms with Crippen LogP contribution in [-0.4, -0.2) is 38.0 Å². The molecule has 0 saturated carbocycles. The second-order valence-corrected chi connectivity index (χ2v) is 7.67. The predicted octanol–water partition coefficient (Wildman–Crippen LogP) is 3.26. The number of carbonyl (C=O) groups excluding carboxylic acids is 2. The van der Waals surface area contributed by atoms with Gasteiger partial charge in [-0.1, -0.05) is 42.0 Å². The molecule has 4 rings (SSSR count). The number of anilines is 1. The first-order valence-corrected chi connectivity index (χ1v) is 10.2. The molecule has 0 aliphatic carbocycles. The second-order valence-electron chi connectivity index (χ2n) is 7.67. The molecule has 1 unspecified atom stereocenters. The number of benzene rings is 2. The Bertz CT molecular complexity index is 1060. The number of rotatable bonds is 6. The molecule has 1 aliphatic heterocycles. The third-order valence-corrected chi connectivity index (χ3v) is 5.42. The van der Waals surface area contributed by atoms with Gasteiger partial charge in [0, 0.05) is 37.3 Å². The normalized spacial score (nSPS) is 16.1. The van der Waals surface area contributed by atoms with E-state index in [4.69, 9.17) is 0 Å². The van der Waals surface area contributed by atoms with E-state index in [9.17, 15) is 9.59 Å². The van der Waals surface area contributed by atoms with Crippen LogP contribution in [0.5, 0.6) is 0 Å². The summed E-state index contributed by atoms with van der Waals surface area (Å²) in [4.78, 5) is 27.0. The number of aryl methyl sites for hydroxylation is 2. The summed E-state index contributed by atoms with van der Waals surface area (Å²) in [5, 5.41) is 11.1. The lowest BCUT2D eigenvalue weighted by Gasteiger charge is -2.17. The van der Waals surface area contributed by atoms with Gasteiger partial charge in [0.1, 0.15) is 6.33 Å². The molecule has 1 aliphatic rings. The first kappa shape index (κ1) is 19.8. The van der Waals surface area contributed by atoms with Crippen molar-refractivity contribution in [1.82, 2.24) is 19.7 Å². The van der Waals surface area contributed by atoms with E-state index in [2.05, 4.69) is 15.5 Å². The Morgan fingerprint density at radius 3 is 2.77 bits per heavy atom. The van der Waals surface area contributed by atoms with Gasteiger partial charge in [-0.15, -0.1) is 10.2 Å². The summed E-state index contributed by atoms with van der Waals surface area (Å²) in [5.74, 6) is 0.282. The minimum atomic E-state index is -0.356. The van der Waals surface area contributed by atoms with Gasteiger partial charge in [0.2, 0.25) is 11.8 Å². The zero-order valence-corrected chi connectivity index (χ0v) is 17.2. The highest BCUT2D eigenvalue weighted by Crippen LogP contribution is 2.24. The second kappa shape index (κ2) is 8.49.